The largest absolute Gasteiger partial charge is 0.364 e. The zero-order valence-corrected chi connectivity index (χ0v) is 24.3. The Balaban J connectivity index is 1.45. The normalized spacial score (nSPS) is 18.5. The molecule has 0 spiro atoms. The summed E-state index contributed by atoms with van der Waals surface area (Å²) in [4.78, 5) is 48.8. The Kier molecular flexibility index (Phi) is 9.05. The minimum Gasteiger partial charge on any atom is -0.364 e. The van der Waals surface area contributed by atoms with Crippen molar-refractivity contribution in [1.82, 2.24) is 0 Å². The van der Waals surface area contributed by atoms with E-state index >= 15 is 0 Å². The summed E-state index contributed by atoms with van der Waals surface area (Å²) in [6.45, 7) is 0. The first-order chi connectivity index (χ1) is 21.1. The van der Waals surface area contributed by atoms with E-state index in [9.17, 15) is 36.0 Å². The van der Waals surface area contributed by atoms with Crippen molar-refractivity contribution in [3.63, 3.8) is 0 Å². The molecule has 232 valence electrons. The molecule has 2 heterocycles. The number of amides is 4. The highest BCUT2D eigenvalue weighted by molar-refractivity contribution is 7.86. The molecule has 4 amide bonds. The summed E-state index contributed by atoms with van der Waals surface area (Å²) in [5.74, 6) is -4.48. The predicted molar refractivity (Wildman–Crippen MR) is 160 cm³/mol. The molecule has 4 rings (SSSR count). The fraction of sp³-hybridized carbons (Fsp3) is 0.0370. The molecule has 0 radical (unpaired) electrons. The van der Waals surface area contributed by atoms with Gasteiger partial charge in [0.1, 0.15) is 11.6 Å². The Morgan fingerprint density at radius 1 is 0.711 bits per heavy atom. The maximum absolute atomic E-state index is 12.9. The van der Waals surface area contributed by atoms with Gasteiger partial charge in [0.2, 0.25) is 0 Å². The number of rotatable bonds is 10. The Labute approximate surface area is 255 Å². The molecule has 0 bridgehead atoms. The number of nitrogens with zero attached hydrogens (tertiary/aromatic N) is 4. The van der Waals surface area contributed by atoms with Gasteiger partial charge in [0.15, 0.2) is 5.71 Å². The number of hydrogen-bond donors (Lipinski definition) is 4. The zero-order chi connectivity index (χ0) is 33.1. The Bertz CT molecular complexity index is 1990. The van der Waals surface area contributed by atoms with Crippen molar-refractivity contribution in [1.29, 1.82) is 0 Å². The molecule has 1 unspecified atom stereocenters. The van der Waals surface area contributed by atoms with Gasteiger partial charge < -0.3 is 11.5 Å². The number of carbonyl (C=O) groups excluding carboxylic acids is 4. The van der Waals surface area contributed by atoms with E-state index in [1.807, 2.05) is 0 Å². The third-order valence-electron chi connectivity index (χ3n) is 6.11. The van der Waals surface area contributed by atoms with Crippen molar-refractivity contribution in [3.8, 4) is 0 Å². The van der Waals surface area contributed by atoms with Crippen LogP contribution in [0.25, 0.3) is 0 Å². The van der Waals surface area contributed by atoms with Crippen molar-refractivity contribution < 1.29 is 45.1 Å². The van der Waals surface area contributed by atoms with Gasteiger partial charge in [0.25, 0.3) is 43.9 Å². The average molecular weight is 655 g/mol. The summed E-state index contributed by atoms with van der Waals surface area (Å²) in [6, 6.07) is 9.07. The highest BCUT2D eigenvalue weighted by atomic mass is 32.2. The first-order valence-electron chi connectivity index (χ1n) is 12.4. The second kappa shape index (κ2) is 12.6. The summed E-state index contributed by atoms with van der Waals surface area (Å²) < 4.78 is 63.3. The van der Waals surface area contributed by atoms with Crippen LogP contribution in [0.4, 0.5) is 11.4 Å². The number of carbonyl (C=O) groups is 4. The van der Waals surface area contributed by atoms with Gasteiger partial charge in [-0.3, -0.25) is 28.3 Å². The molecule has 16 nitrogen and oxygen atoms in total. The summed E-state index contributed by atoms with van der Waals surface area (Å²) in [6.07, 6.45) is 9.89. The van der Waals surface area contributed by atoms with Gasteiger partial charge in [-0.25, -0.2) is 0 Å². The van der Waals surface area contributed by atoms with Gasteiger partial charge in [0, 0.05) is 0 Å². The molecule has 0 aromatic heterocycles. The highest BCUT2D eigenvalue weighted by Gasteiger charge is 2.38. The topological polar surface area (TPSA) is 260 Å². The lowest BCUT2D eigenvalue weighted by atomic mass is 10.0. The Morgan fingerprint density at radius 3 is 1.69 bits per heavy atom. The number of anilines is 2. The van der Waals surface area contributed by atoms with Crippen LogP contribution in [0.2, 0.25) is 0 Å². The molecule has 45 heavy (non-hydrogen) atoms. The lowest BCUT2D eigenvalue weighted by molar-refractivity contribution is -0.119. The minimum atomic E-state index is -4.46. The molecule has 0 aliphatic carbocycles. The van der Waals surface area contributed by atoms with E-state index in [1.165, 1.54) is 66.8 Å². The lowest BCUT2D eigenvalue weighted by Gasteiger charge is -2.13. The average Bonchev–Trinajstić information content (AvgIpc) is 3.48. The van der Waals surface area contributed by atoms with E-state index in [0.29, 0.717) is 0 Å². The third-order valence-corrected chi connectivity index (χ3v) is 7.85. The number of nitrogens with two attached hydrogens (primary N) is 2. The molecule has 2 aliphatic rings. The Morgan fingerprint density at radius 2 is 1.20 bits per heavy atom. The summed E-state index contributed by atoms with van der Waals surface area (Å²) in [5, 5.41) is 9.58. The number of benzene rings is 2. The SMILES string of the molecule is NC(=O)C1=NN(c2ccc(S(=O)(=O)O)cc2)C(=O)\C1=C/C=C/C=C/C=C/C1C(=O)N(c2ccc(S(=O)(=O)O)cc2)N=C1C(N)=O. The van der Waals surface area contributed by atoms with Gasteiger partial charge >= 0.3 is 0 Å². The van der Waals surface area contributed by atoms with Crippen LogP contribution in [0.5, 0.6) is 0 Å². The van der Waals surface area contributed by atoms with Crippen molar-refractivity contribution in [2.75, 3.05) is 10.0 Å². The van der Waals surface area contributed by atoms with E-state index in [4.69, 9.17) is 20.6 Å². The van der Waals surface area contributed by atoms with Crippen molar-refractivity contribution >= 4 is 66.7 Å². The first kappa shape index (κ1) is 32.4. The monoisotopic (exact) mass is 654 g/mol. The number of hydrogen-bond acceptors (Lipinski definition) is 10. The van der Waals surface area contributed by atoms with Crippen LogP contribution in [0.3, 0.4) is 0 Å². The predicted octanol–water partition coefficient (Wildman–Crippen LogP) is 0.467. The maximum atomic E-state index is 12.9. The van der Waals surface area contributed by atoms with Crippen LogP contribution < -0.4 is 21.5 Å². The van der Waals surface area contributed by atoms with E-state index < -0.39 is 59.6 Å². The highest BCUT2D eigenvalue weighted by Crippen LogP contribution is 2.27. The summed E-state index contributed by atoms with van der Waals surface area (Å²) >= 11 is 0. The molecule has 2 aromatic rings. The molecular formula is C27H22N6O10S2. The van der Waals surface area contributed by atoms with Crippen molar-refractivity contribution in [2.45, 2.75) is 9.79 Å². The standard InChI is InChI=1S/C27H22N6O10S2/c28-24(34)22-20(26(36)32(30-22)16-8-12-18(13-9-16)44(38,39)40)6-4-2-1-3-5-7-21-23(25(29)35)31-33(27(21)37)17-10-14-19(15-11-17)45(41,42)43/h1-15,20H,(H2,28,34)(H2,29,35)(H,38,39,40)(H,41,42,43)/b2-1+,5-3+,6-4+,21-7-. The van der Waals surface area contributed by atoms with Crippen LogP contribution in [0, 0.1) is 5.92 Å². The van der Waals surface area contributed by atoms with Crippen molar-refractivity contribution in [2.24, 2.45) is 27.6 Å². The Hall–Kier alpha value is -5.56. The molecule has 6 N–H and O–H groups in total. The van der Waals surface area contributed by atoms with E-state index in [0.717, 1.165) is 34.3 Å². The number of hydrazone groups is 2. The van der Waals surface area contributed by atoms with Crippen molar-refractivity contribution in [3.05, 3.63) is 96.6 Å². The molecule has 0 saturated heterocycles. The first-order valence-corrected chi connectivity index (χ1v) is 15.3. The fourth-order valence-electron chi connectivity index (χ4n) is 3.99. The maximum Gasteiger partial charge on any atom is 0.294 e. The lowest BCUT2D eigenvalue weighted by Crippen LogP contribution is -2.31. The van der Waals surface area contributed by atoms with Crippen LogP contribution >= 0.6 is 0 Å². The number of primary amides is 2. The van der Waals surface area contributed by atoms with E-state index in [1.54, 1.807) is 0 Å². The fourth-order valence-corrected chi connectivity index (χ4v) is 4.95. The molecule has 0 saturated carbocycles. The molecule has 2 aromatic carbocycles. The third kappa shape index (κ3) is 7.16. The second-order valence-electron chi connectivity index (χ2n) is 9.08. The van der Waals surface area contributed by atoms with E-state index in [-0.39, 0.29) is 28.4 Å². The quantitative estimate of drug-likeness (QED) is 0.156. The van der Waals surface area contributed by atoms with Gasteiger partial charge in [-0.15, -0.1) is 0 Å². The van der Waals surface area contributed by atoms with Crippen LogP contribution in [0.15, 0.2) is 117 Å². The van der Waals surface area contributed by atoms with Gasteiger partial charge in [0.05, 0.1) is 26.7 Å². The summed E-state index contributed by atoms with van der Waals surface area (Å²) in [7, 11) is -8.92. The molecule has 1 atom stereocenters. The number of allylic oxidation sites excluding steroid dienone is 6. The smallest absolute Gasteiger partial charge is 0.294 e. The zero-order valence-electron chi connectivity index (χ0n) is 22.7. The van der Waals surface area contributed by atoms with Gasteiger partial charge in [-0.05, 0) is 54.6 Å². The molecular weight excluding hydrogens is 632 g/mol. The minimum absolute atomic E-state index is 0.109. The molecule has 2 aliphatic heterocycles. The molecule has 18 heteroatoms. The van der Waals surface area contributed by atoms with E-state index in [2.05, 4.69) is 10.2 Å². The van der Waals surface area contributed by atoms with Gasteiger partial charge in [-0.1, -0.05) is 36.5 Å². The van der Waals surface area contributed by atoms with Crippen LogP contribution in [-0.4, -0.2) is 61.0 Å². The van der Waals surface area contributed by atoms with Crippen LogP contribution in [0.1, 0.15) is 0 Å². The summed E-state index contributed by atoms with van der Waals surface area (Å²) in [5.41, 5.74) is 10.2. The second-order valence-corrected chi connectivity index (χ2v) is 11.9. The van der Waals surface area contributed by atoms with Crippen LogP contribution in [-0.2, 0) is 39.4 Å². The molecule has 0 fully saturated rings. The van der Waals surface area contributed by atoms with Gasteiger partial charge in [-0.2, -0.15) is 37.1 Å².